The van der Waals surface area contributed by atoms with Crippen LogP contribution in [0.3, 0.4) is 0 Å². The molecule has 3 aromatic rings. The minimum atomic E-state index is -0.756. The third-order valence-corrected chi connectivity index (χ3v) is 8.11. The molecule has 0 saturated heterocycles. The van der Waals surface area contributed by atoms with E-state index in [1.807, 2.05) is 52.0 Å². The van der Waals surface area contributed by atoms with E-state index in [2.05, 4.69) is 50.2 Å². The SMILES string of the molecule is CCOc1ccc([C@@H]2C(C(=O)OC)=CN=c3s/c(=C/c4cc(I)cc(I)c4OC(C)C)c(=O)n32)cc1OCC. The molecule has 2 heterocycles. The monoisotopic (exact) mass is 774 g/mol. The third-order valence-electron chi connectivity index (χ3n) is 5.69. The van der Waals surface area contributed by atoms with Crippen molar-refractivity contribution < 1.29 is 23.7 Å². The number of benzene rings is 2. The Kier molecular flexibility index (Phi) is 9.75. The topological polar surface area (TPSA) is 88.4 Å². The molecule has 8 nitrogen and oxygen atoms in total. The third kappa shape index (κ3) is 6.35. The summed E-state index contributed by atoms with van der Waals surface area (Å²) >= 11 is 5.75. The number of carbonyl (C=O) groups is 1. The minimum absolute atomic E-state index is 0.0336. The zero-order valence-corrected chi connectivity index (χ0v) is 27.2. The van der Waals surface area contributed by atoms with E-state index in [0.717, 1.165) is 18.5 Å². The van der Waals surface area contributed by atoms with Gasteiger partial charge in [0.2, 0.25) is 0 Å². The fraction of sp³-hybridized carbons (Fsp3) is 0.321. The van der Waals surface area contributed by atoms with Crippen LogP contribution in [-0.2, 0) is 9.53 Å². The van der Waals surface area contributed by atoms with E-state index in [0.29, 0.717) is 39.6 Å². The van der Waals surface area contributed by atoms with Crippen molar-refractivity contribution in [3.8, 4) is 17.2 Å². The van der Waals surface area contributed by atoms with Crippen LogP contribution in [0.25, 0.3) is 6.08 Å². The molecule has 1 atom stereocenters. The Bertz CT molecular complexity index is 1610. The highest BCUT2D eigenvalue weighted by Crippen LogP contribution is 2.35. The average molecular weight is 774 g/mol. The molecule has 0 bridgehead atoms. The Labute approximate surface area is 257 Å². The Morgan fingerprint density at radius 1 is 1.13 bits per heavy atom. The van der Waals surface area contributed by atoms with Crippen molar-refractivity contribution in [1.29, 1.82) is 0 Å². The lowest BCUT2D eigenvalue weighted by Gasteiger charge is -2.23. The van der Waals surface area contributed by atoms with Gasteiger partial charge in [0.05, 0.1) is 46.1 Å². The van der Waals surface area contributed by atoms with Gasteiger partial charge < -0.3 is 18.9 Å². The molecule has 2 aromatic carbocycles. The van der Waals surface area contributed by atoms with Crippen LogP contribution in [0.4, 0.5) is 0 Å². The van der Waals surface area contributed by atoms with E-state index < -0.39 is 12.0 Å². The molecule has 39 heavy (non-hydrogen) atoms. The molecule has 11 heteroatoms. The quantitative estimate of drug-likeness (QED) is 0.229. The predicted molar refractivity (Wildman–Crippen MR) is 168 cm³/mol. The van der Waals surface area contributed by atoms with E-state index in [-0.39, 0.29) is 17.2 Å². The van der Waals surface area contributed by atoms with Gasteiger partial charge in [0.25, 0.3) is 5.56 Å². The first kappa shape index (κ1) is 29.6. The molecular weight excluding hydrogens is 746 g/mol. The van der Waals surface area contributed by atoms with Crippen molar-refractivity contribution in [2.24, 2.45) is 4.99 Å². The molecule has 0 fully saturated rings. The van der Waals surface area contributed by atoms with Crippen molar-refractivity contribution in [2.75, 3.05) is 20.3 Å². The van der Waals surface area contributed by atoms with Crippen LogP contribution >= 0.6 is 56.5 Å². The number of hydrogen-bond acceptors (Lipinski definition) is 8. The molecule has 0 N–H and O–H groups in total. The first-order valence-electron chi connectivity index (χ1n) is 12.3. The maximum atomic E-state index is 13.9. The zero-order chi connectivity index (χ0) is 28.3. The number of halogens is 2. The number of carbonyl (C=O) groups excluding carboxylic acids is 1. The lowest BCUT2D eigenvalue weighted by Crippen LogP contribution is -2.39. The van der Waals surface area contributed by atoms with Gasteiger partial charge in [-0.1, -0.05) is 17.4 Å². The first-order valence-corrected chi connectivity index (χ1v) is 15.3. The minimum Gasteiger partial charge on any atom is -0.490 e. The van der Waals surface area contributed by atoms with Crippen molar-refractivity contribution in [1.82, 2.24) is 4.57 Å². The molecule has 0 spiro atoms. The molecule has 206 valence electrons. The number of methoxy groups -OCH3 is 1. The van der Waals surface area contributed by atoms with Crippen molar-refractivity contribution in [3.63, 3.8) is 0 Å². The highest BCUT2D eigenvalue weighted by molar-refractivity contribution is 14.1. The Morgan fingerprint density at radius 2 is 1.85 bits per heavy atom. The molecular formula is C28H28I2N2O6S. The Balaban J connectivity index is 1.93. The summed E-state index contributed by atoms with van der Waals surface area (Å²) in [6.45, 7) is 8.62. The second kappa shape index (κ2) is 12.9. The lowest BCUT2D eigenvalue weighted by atomic mass is 9.97. The Morgan fingerprint density at radius 3 is 2.51 bits per heavy atom. The summed E-state index contributed by atoms with van der Waals surface area (Å²) in [7, 11) is 1.31. The molecule has 0 radical (unpaired) electrons. The summed E-state index contributed by atoms with van der Waals surface area (Å²) in [6.07, 6.45) is 3.27. The number of thiazole rings is 1. The van der Waals surface area contributed by atoms with Crippen LogP contribution < -0.4 is 29.1 Å². The highest BCUT2D eigenvalue weighted by Gasteiger charge is 2.31. The van der Waals surface area contributed by atoms with E-state index in [1.165, 1.54) is 29.2 Å². The number of fused-ring (bicyclic) bond motifs is 1. The number of ether oxygens (including phenoxy) is 4. The van der Waals surface area contributed by atoms with Gasteiger partial charge in [0.15, 0.2) is 16.3 Å². The van der Waals surface area contributed by atoms with Crippen LogP contribution in [0, 0.1) is 7.14 Å². The number of esters is 1. The molecule has 1 aliphatic rings. The molecule has 1 aromatic heterocycles. The van der Waals surface area contributed by atoms with Gasteiger partial charge in [0.1, 0.15) is 5.75 Å². The number of nitrogens with zero attached hydrogens (tertiary/aromatic N) is 2. The summed E-state index contributed by atoms with van der Waals surface area (Å²) in [4.78, 5) is 31.7. The fourth-order valence-corrected chi connectivity index (χ4v) is 7.15. The molecule has 0 amide bonds. The average Bonchev–Trinajstić information content (AvgIpc) is 3.21. The smallest absolute Gasteiger partial charge is 0.337 e. The molecule has 0 saturated carbocycles. The van der Waals surface area contributed by atoms with Gasteiger partial charge in [-0.25, -0.2) is 9.79 Å². The molecule has 0 unspecified atom stereocenters. The van der Waals surface area contributed by atoms with E-state index in [4.69, 9.17) is 18.9 Å². The van der Waals surface area contributed by atoms with Gasteiger partial charge in [-0.2, -0.15) is 0 Å². The molecule has 4 rings (SSSR count). The van der Waals surface area contributed by atoms with Crippen molar-refractivity contribution in [3.05, 3.63) is 80.1 Å². The lowest BCUT2D eigenvalue weighted by molar-refractivity contribution is -0.136. The van der Waals surface area contributed by atoms with Crippen LogP contribution in [0.15, 0.2) is 51.9 Å². The second-order valence-corrected chi connectivity index (χ2v) is 12.1. The molecule has 0 aliphatic carbocycles. The summed E-state index contributed by atoms with van der Waals surface area (Å²) in [5.74, 6) is 1.27. The maximum Gasteiger partial charge on any atom is 0.337 e. The Hall–Kier alpha value is -2.39. The van der Waals surface area contributed by atoms with E-state index >= 15 is 0 Å². The zero-order valence-electron chi connectivity index (χ0n) is 22.1. The first-order chi connectivity index (χ1) is 18.7. The number of hydrogen-bond donors (Lipinski definition) is 0. The van der Waals surface area contributed by atoms with Crippen LogP contribution in [0.1, 0.15) is 44.9 Å². The largest absolute Gasteiger partial charge is 0.490 e. The van der Waals surface area contributed by atoms with Crippen LogP contribution in [-0.4, -0.2) is 37.0 Å². The van der Waals surface area contributed by atoms with Crippen LogP contribution in [0.2, 0.25) is 0 Å². The predicted octanol–water partition coefficient (Wildman–Crippen LogP) is 4.81. The summed E-state index contributed by atoms with van der Waals surface area (Å²) in [6, 6.07) is 8.67. The second-order valence-electron chi connectivity index (χ2n) is 8.72. The summed E-state index contributed by atoms with van der Waals surface area (Å²) < 4.78 is 26.7. The van der Waals surface area contributed by atoms with E-state index in [1.54, 1.807) is 12.1 Å². The van der Waals surface area contributed by atoms with E-state index in [9.17, 15) is 9.59 Å². The van der Waals surface area contributed by atoms with Gasteiger partial charge >= 0.3 is 5.97 Å². The fourth-order valence-electron chi connectivity index (χ4n) is 4.18. The number of aromatic nitrogens is 1. The van der Waals surface area contributed by atoms with Gasteiger partial charge in [-0.15, -0.1) is 0 Å². The van der Waals surface area contributed by atoms with Gasteiger partial charge in [0, 0.05) is 15.3 Å². The maximum absolute atomic E-state index is 13.9. The normalized spacial score (nSPS) is 14.9. The summed E-state index contributed by atoms with van der Waals surface area (Å²) in [5.41, 5.74) is 1.45. The standard InChI is InChI=1S/C28H28I2N2O6S/c1-6-36-21-9-8-16(11-22(21)37-7-2)24-19(27(34)35-5)14-31-28-32(24)26(33)23(39-28)12-17-10-18(29)13-20(30)25(17)38-15(3)4/h8-15,24H,6-7H2,1-5H3/b23-12+/t24-/m1/s1. The van der Waals surface area contributed by atoms with Crippen LogP contribution in [0.5, 0.6) is 17.2 Å². The van der Waals surface area contributed by atoms with Crippen molar-refractivity contribution >= 4 is 68.6 Å². The van der Waals surface area contributed by atoms with Gasteiger partial charge in [-0.05, 0) is 109 Å². The number of rotatable bonds is 9. The van der Waals surface area contributed by atoms with Crippen molar-refractivity contribution in [2.45, 2.75) is 39.8 Å². The van der Waals surface area contributed by atoms with Gasteiger partial charge in [-0.3, -0.25) is 9.36 Å². The summed E-state index contributed by atoms with van der Waals surface area (Å²) in [5, 5.41) is 0. The highest BCUT2D eigenvalue weighted by atomic mass is 127. The molecule has 1 aliphatic heterocycles.